The molecule has 0 spiro atoms. The van der Waals surface area contributed by atoms with Crippen LogP contribution >= 0.6 is 15.9 Å². The number of rotatable bonds is 5. The third kappa shape index (κ3) is 4.06. The highest BCUT2D eigenvalue weighted by Crippen LogP contribution is 2.23. The number of halogens is 1. The number of hydrogen-bond acceptors (Lipinski definition) is 3. The van der Waals surface area contributed by atoms with Gasteiger partial charge in [0, 0.05) is 11.0 Å². The molecule has 0 atom stereocenters. The zero-order chi connectivity index (χ0) is 15.2. The van der Waals surface area contributed by atoms with E-state index >= 15 is 0 Å². The molecule has 0 aliphatic carbocycles. The van der Waals surface area contributed by atoms with Crippen LogP contribution in [0.4, 0.5) is 11.4 Å². The number of nitrogen functional groups attached to an aromatic ring is 1. The summed E-state index contributed by atoms with van der Waals surface area (Å²) < 4.78 is 0.971. The van der Waals surface area contributed by atoms with Crippen molar-refractivity contribution in [3.8, 4) is 0 Å². The summed E-state index contributed by atoms with van der Waals surface area (Å²) in [7, 11) is 0. The van der Waals surface area contributed by atoms with Crippen molar-refractivity contribution < 1.29 is 9.90 Å². The van der Waals surface area contributed by atoms with E-state index in [0.717, 1.165) is 10.0 Å². The second-order valence-electron chi connectivity index (χ2n) is 4.63. The SMILES string of the molecule is Nc1ccccc1N(CCO)C(=O)Cc1ccc(Br)cc1. The highest BCUT2D eigenvalue weighted by Gasteiger charge is 2.17. The minimum absolute atomic E-state index is 0.0933. The van der Waals surface area contributed by atoms with Gasteiger partial charge in [-0.2, -0.15) is 0 Å². The van der Waals surface area contributed by atoms with Crippen LogP contribution < -0.4 is 10.6 Å². The predicted octanol–water partition coefficient (Wildman–Crippen LogP) is 2.60. The molecule has 0 unspecified atom stereocenters. The fourth-order valence-corrected chi connectivity index (χ4v) is 2.35. The van der Waals surface area contributed by atoms with Gasteiger partial charge >= 0.3 is 0 Å². The number of para-hydroxylation sites is 2. The van der Waals surface area contributed by atoms with E-state index in [1.807, 2.05) is 36.4 Å². The fourth-order valence-electron chi connectivity index (χ4n) is 2.09. The molecule has 2 aromatic carbocycles. The molecule has 0 aliphatic heterocycles. The van der Waals surface area contributed by atoms with Gasteiger partial charge in [0.1, 0.15) is 0 Å². The molecule has 21 heavy (non-hydrogen) atoms. The number of amides is 1. The normalized spacial score (nSPS) is 10.4. The zero-order valence-electron chi connectivity index (χ0n) is 11.5. The molecule has 1 amide bonds. The number of carbonyl (C=O) groups is 1. The number of hydrogen-bond donors (Lipinski definition) is 2. The van der Waals surface area contributed by atoms with E-state index in [-0.39, 0.29) is 25.5 Å². The van der Waals surface area contributed by atoms with E-state index in [2.05, 4.69) is 15.9 Å². The van der Waals surface area contributed by atoms with E-state index in [0.29, 0.717) is 11.4 Å². The van der Waals surface area contributed by atoms with Crippen LogP contribution in [-0.4, -0.2) is 24.2 Å². The molecule has 0 bridgehead atoms. The molecule has 4 nitrogen and oxygen atoms in total. The molecule has 0 aromatic heterocycles. The van der Waals surface area contributed by atoms with E-state index in [1.165, 1.54) is 4.90 Å². The average Bonchev–Trinajstić information content (AvgIpc) is 2.48. The van der Waals surface area contributed by atoms with Crippen molar-refractivity contribution in [1.82, 2.24) is 0 Å². The van der Waals surface area contributed by atoms with E-state index in [1.54, 1.807) is 12.1 Å². The summed E-state index contributed by atoms with van der Waals surface area (Å²) in [6.07, 6.45) is 0.265. The summed E-state index contributed by atoms with van der Waals surface area (Å²) in [4.78, 5) is 14.0. The number of aliphatic hydroxyl groups is 1. The van der Waals surface area contributed by atoms with Crippen molar-refractivity contribution in [1.29, 1.82) is 0 Å². The molecular weight excluding hydrogens is 332 g/mol. The molecule has 0 fully saturated rings. The molecule has 3 N–H and O–H groups in total. The number of carbonyl (C=O) groups excluding carboxylic acids is 1. The van der Waals surface area contributed by atoms with Crippen molar-refractivity contribution in [3.63, 3.8) is 0 Å². The maximum Gasteiger partial charge on any atom is 0.231 e. The lowest BCUT2D eigenvalue weighted by molar-refractivity contribution is -0.118. The molecule has 110 valence electrons. The topological polar surface area (TPSA) is 66.6 Å². The molecule has 0 radical (unpaired) electrons. The zero-order valence-corrected chi connectivity index (χ0v) is 13.1. The third-order valence-corrected chi connectivity index (χ3v) is 3.65. The Balaban J connectivity index is 2.20. The van der Waals surface area contributed by atoms with Gasteiger partial charge in [-0.1, -0.05) is 40.2 Å². The van der Waals surface area contributed by atoms with Gasteiger partial charge in [-0.3, -0.25) is 4.79 Å². The first-order valence-corrected chi connectivity index (χ1v) is 7.41. The van der Waals surface area contributed by atoms with Crippen LogP contribution in [0.15, 0.2) is 53.0 Å². The van der Waals surface area contributed by atoms with Crippen molar-refractivity contribution >= 4 is 33.2 Å². The Morgan fingerprint density at radius 3 is 2.43 bits per heavy atom. The van der Waals surface area contributed by atoms with Crippen molar-refractivity contribution in [3.05, 3.63) is 58.6 Å². The maximum atomic E-state index is 12.5. The summed E-state index contributed by atoms with van der Waals surface area (Å²) in [6, 6.07) is 14.8. The molecule has 0 saturated heterocycles. The summed E-state index contributed by atoms with van der Waals surface area (Å²) in [6.45, 7) is 0.115. The second-order valence-corrected chi connectivity index (χ2v) is 5.55. The van der Waals surface area contributed by atoms with Gasteiger partial charge in [-0.15, -0.1) is 0 Å². The lowest BCUT2D eigenvalue weighted by Gasteiger charge is -2.23. The third-order valence-electron chi connectivity index (χ3n) is 3.12. The van der Waals surface area contributed by atoms with Crippen LogP contribution in [-0.2, 0) is 11.2 Å². The standard InChI is InChI=1S/C16H17BrN2O2/c17-13-7-5-12(6-8-13)11-16(21)19(9-10-20)15-4-2-1-3-14(15)18/h1-8,20H,9-11,18H2. The van der Waals surface area contributed by atoms with Crippen molar-refractivity contribution in [2.75, 3.05) is 23.8 Å². The lowest BCUT2D eigenvalue weighted by Crippen LogP contribution is -2.35. The largest absolute Gasteiger partial charge is 0.397 e. The molecule has 5 heteroatoms. The summed E-state index contributed by atoms with van der Waals surface area (Å²) in [5.41, 5.74) is 7.99. The highest BCUT2D eigenvalue weighted by atomic mass is 79.9. The Labute approximate surface area is 132 Å². The van der Waals surface area contributed by atoms with Crippen LogP contribution in [0, 0.1) is 0 Å². The number of nitrogens with two attached hydrogens (primary N) is 1. The Kier molecular flexibility index (Phi) is 5.36. The average molecular weight is 349 g/mol. The van der Waals surface area contributed by atoms with Gasteiger partial charge < -0.3 is 15.7 Å². The summed E-state index contributed by atoms with van der Waals surface area (Å²) in [5, 5.41) is 9.20. The summed E-state index contributed by atoms with van der Waals surface area (Å²) >= 11 is 3.37. The second kappa shape index (κ2) is 7.24. The number of benzene rings is 2. The van der Waals surface area contributed by atoms with E-state index in [4.69, 9.17) is 5.73 Å². The van der Waals surface area contributed by atoms with Crippen molar-refractivity contribution in [2.24, 2.45) is 0 Å². The predicted molar refractivity (Wildman–Crippen MR) is 88.1 cm³/mol. The minimum Gasteiger partial charge on any atom is -0.397 e. The van der Waals surface area contributed by atoms with Gasteiger partial charge in [0.2, 0.25) is 5.91 Å². The Morgan fingerprint density at radius 1 is 1.14 bits per heavy atom. The van der Waals surface area contributed by atoms with Crippen LogP contribution in [0.1, 0.15) is 5.56 Å². The first-order valence-electron chi connectivity index (χ1n) is 6.62. The van der Waals surface area contributed by atoms with Crippen molar-refractivity contribution in [2.45, 2.75) is 6.42 Å². The smallest absolute Gasteiger partial charge is 0.231 e. The fraction of sp³-hybridized carbons (Fsp3) is 0.188. The maximum absolute atomic E-state index is 12.5. The number of anilines is 2. The van der Waals surface area contributed by atoms with E-state index in [9.17, 15) is 9.90 Å². The molecule has 2 rings (SSSR count). The molecule has 2 aromatic rings. The molecular formula is C16H17BrN2O2. The first-order chi connectivity index (χ1) is 10.1. The van der Waals surface area contributed by atoms with Gasteiger partial charge in [0.25, 0.3) is 0 Å². The summed E-state index contributed by atoms with van der Waals surface area (Å²) in [5.74, 6) is -0.0933. The van der Waals surface area contributed by atoms with Gasteiger partial charge in [-0.25, -0.2) is 0 Å². The minimum atomic E-state index is -0.111. The quantitative estimate of drug-likeness (QED) is 0.816. The number of aliphatic hydroxyl groups excluding tert-OH is 1. The van der Waals surface area contributed by atoms with Crippen LogP contribution in [0.3, 0.4) is 0 Å². The Morgan fingerprint density at radius 2 is 1.81 bits per heavy atom. The van der Waals surface area contributed by atoms with Crippen LogP contribution in [0.25, 0.3) is 0 Å². The molecule has 0 aliphatic rings. The number of nitrogens with zero attached hydrogens (tertiary/aromatic N) is 1. The monoisotopic (exact) mass is 348 g/mol. The van der Waals surface area contributed by atoms with Gasteiger partial charge in [-0.05, 0) is 29.8 Å². The Hall–Kier alpha value is -1.85. The van der Waals surface area contributed by atoms with Gasteiger partial charge in [0.15, 0.2) is 0 Å². The molecule has 0 heterocycles. The van der Waals surface area contributed by atoms with Gasteiger partial charge in [0.05, 0.1) is 24.4 Å². The van der Waals surface area contributed by atoms with Crippen LogP contribution in [0.2, 0.25) is 0 Å². The highest BCUT2D eigenvalue weighted by molar-refractivity contribution is 9.10. The van der Waals surface area contributed by atoms with E-state index < -0.39 is 0 Å². The first kappa shape index (κ1) is 15.5. The van der Waals surface area contributed by atoms with Crippen LogP contribution in [0.5, 0.6) is 0 Å². The Bertz CT molecular complexity index is 614. The lowest BCUT2D eigenvalue weighted by atomic mass is 10.1. The molecule has 0 saturated carbocycles.